The van der Waals surface area contributed by atoms with Crippen LogP contribution in [0.2, 0.25) is 0 Å². The van der Waals surface area contributed by atoms with Gasteiger partial charge in [-0.1, -0.05) is 0 Å². The predicted molar refractivity (Wildman–Crippen MR) is 94.4 cm³/mol. The first kappa shape index (κ1) is 17.0. The van der Waals surface area contributed by atoms with Gasteiger partial charge in [-0.15, -0.1) is 0 Å². The van der Waals surface area contributed by atoms with Gasteiger partial charge in [-0.05, 0) is 58.8 Å². The second-order valence-electron chi connectivity index (χ2n) is 9.51. The maximum atomic E-state index is 12.6. The van der Waals surface area contributed by atoms with Gasteiger partial charge in [-0.2, -0.15) is 0 Å². The van der Waals surface area contributed by atoms with Gasteiger partial charge in [0.1, 0.15) is 0 Å². The first-order valence-corrected chi connectivity index (χ1v) is 10.3. The van der Waals surface area contributed by atoms with E-state index < -0.39 is 0 Å². The fourth-order valence-corrected chi connectivity index (χ4v) is 5.19. The summed E-state index contributed by atoms with van der Waals surface area (Å²) in [6, 6.07) is 0.317. The summed E-state index contributed by atoms with van der Waals surface area (Å²) in [5.74, 6) is 0.711. The zero-order valence-electron chi connectivity index (χ0n) is 15.8. The van der Waals surface area contributed by atoms with Crippen molar-refractivity contribution in [1.29, 1.82) is 0 Å². The van der Waals surface area contributed by atoms with Crippen LogP contribution < -0.4 is 5.32 Å². The van der Waals surface area contributed by atoms with E-state index in [1.54, 1.807) is 0 Å². The van der Waals surface area contributed by atoms with Crippen LogP contribution in [0, 0.1) is 11.8 Å². The molecule has 2 amide bonds. The highest BCUT2D eigenvalue weighted by Crippen LogP contribution is 2.50. The Labute approximate surface area is 155 Å². The van der Waals surface area contributed by atoms with E-state index in [4.69, 9.17) is 9.47 Å². The van der Waals surface area contributed by atoms with Crippen molar-refractivity contribution in [2.24, 2.45) is 11.8 Å². The lowest BCUT2D eigenvalue weighted by molar-refractivity contribution is -0.131. The average Bonchev–Trinajstić information content (AvgIpc) is 3.50. The summed E-state index contributed by atoms with van der Waals surface area (Å²) in [6.45, 7) is 5.82. The van der Waals surface area contributed by atoms with Gasteiger partial charge < -0.3 is 19.7 Å². The number of ether oxygens (including phenoxy) is 2. The minimum absolute atomic E-state index is 0.0632. The lowest BCUT2D eigenvalue weighted by atomic mass is 9.82. The molecule has 7 atom stereocenters. The van der Waals surface area contributed by atoms with Crippen molar-refractivity contribution >= 4 is 11.8 Å². The van der Waals surface area contributed by atoms with Crippen molar-refractivity contribution in [3.63, 3.8) is 0 Å². The average molecular weight is 362 g/mol. The second-order valence-corrected chi connectivity index (χ2v) is 9.51. The highest BCUT2D eigenvalue weighted by Gasteiger charge is 2.58. The number of hydrogen-bond acceptors (Lipinski definition) is 4. The predicted octanol–water partition coefficient (Wildman–Crippen LogP) is 1.62. The van der Waals surface area contributed by atoms with Gasteiger partial charge in [0, 0.05) is 24.9 Å². The van der Waals surface area contributed by atoms with Crippen molar-refractivity contribution in [3.8, 4) is 0 Å². The molecule has 144 valence electrons. The zero-order valence-corrected chi connectivity index (χ0v) is 15.8. The Kier molecular flexibility index (Phi) is 3.71. The number of carbonyl (C=O) groups excluding carboxylic acids is 2. The van der Waals surface area contributed by atoms with Gasteiger partial charge in [-0.25, -0.2) is 0 Å². The molecule has 2 aliphatic carbocycles. The summed E-state index contributed by atoms with van der Waals surface area (Å²) in [6.07, 6.45) is 7.09. The van der Waals surface area contributed by atoms with Crippen LogP contribution in [0.15, 0.2) is 0 Å². The van der Waals surface area contributed by atoms with Crippen molar-refractivity contribution in [2.45, 2.75) is 88.2 Å². The van der Waals surface area contributed by atoms with Crippen LogP contribution in [0.4, 0.5) is 0 Å². The summed E-state index contributed by atoms with van der Waals surface area (Å²) in [5.41, 5.74) is 0.134. The van der Waals surface area contributed by atoms with Crippen molar-refractivity contribution in [2.75, 3.05) is 13.1 Å². The zero-order chi connectivity index (χ0) is 18.1. The van der Waals surface area contributed by atoms with Crippen LogP contribution in [0.1, 0.15) is 58.8 Å². The molecule has 0 aromatic heterocycles. The van der Waals surface area contributed by atoms with E-state index in [-0.39, 0.29) is 35.0 Å². The molecule has 26 heavy (non-hydrogen) atoms. The fraction of sp³-hybridized carbons (Fsp3) is 0.900. The van der Waals surface area contributed by atoms with Gasteiger partial charge in [0.25, 0.3) is 0 Å². The van der Waals surface area contributed by atoms with Crippen LogP contribution in [-0.2, 0) is 19.1 Å². The van der Waals surface area contributed by atoms with Gasteiger partial charge >= 0.3 is 0 Å². The van der Waals surface area contributed by atoms with Crippen molar-refractivity contribution < 1.29 is 19.1 Å². The van der Waals surface area contributed by atoms with E-state index in [0.29, 0.717) is 24.6 Å². The summed E-state index contributed by atoms with van der Waals surface area (Å²) in [5, 5.41) is 3.08. The smallest absolute Gasteiger partial charge is 0.226 e. The lowest BCUT2D eigenvalue weighted by Crippen LogP contribution is -2.36. The summed E-state index contributed by atoms with van der Waals surface area (Å²) >= 11 is 0. The first-order valence-electron chi connectivity index (χ1n) is 10.3. The molecule has 7 unspecified atom stereocenters. The normalized spacial score (nSPS) is 48.2. The first-order chi connectivity index (χ1) is 12.4. The monoisotopic (exact) mass is 362 g/mol. The molecular formula is C20H30N2O4. The highest BCUT2D eigenvalue weighted by molar-refractivity contribution is 5.82. The van der Waals surface area contributed by atoms with Crippen LogP contribution in [0.5, 0.6) is 0 Å². The molecule has 5 fully saturated rings. The molecule has 6 heteroatoms. The molecule has 1 N–H and O–H groups in total. The highest BCUT2D eigenvalue weighted by atomic mass is 16.6. The Morgan fingerprint density at radius 2 is 1.65 bits per heavy atom. The number of nitrogens with one attached hydrogen (secondary N) is 1. The molecule has 5 aliphatic rings. The number of nitrogens with zero attached hydrogens (tertiary/aromatic N) is 1. The molecule has 3 heterocycles. The minimum atomic E-state index is 0.0632. The maximum Gasteiger partial charge on any atom is 0.226 e. The second kappa shape index (κ2) is 5.68. The van der Waals surface area contributed by atoms with Crippen LogP contribution in [0.3, 0.4) is 0 Å². The molecular weight excluding hydrogens is 332 g/mol. The van der Waals surface area contributed by atoms with Crippen molar-refractivity contribution in [3.05, 3.63) is 0 Å². The molecule has 0 bridgehead atoms. The quantitative estimate of drug-likeness (QED) is 0.754. The van der Waals surface area contributed by atoms with Gasteiger partial charge in [0.05, 0.1) is 29.5 Å². The number of fused-ring (bicyclic) bond motifs is 2. The van der Waals surface area contributed by atoms with E-state index in [2.05, 4.69) is 19.2 Å². The number of epoxide rings is 2. The van der Waals surface area contributed by atoms with E-state index in [1.807, 2.05) is 4.90 Å². The Bertz CT molecular complexity index is 639. The molecule has 2 saturated carbocycles. The number of hydrogen-bond donors (Lipinski definition) is 1. The molecule has 0 aromatic rings. The van der Waals surface area contributed by atoms with Crippen molar-refractivity contribution in [1.82, 2.24) is 10.2 Å². The molecule has 3 aliphatic heterocycles. The van der Waals surface area contributed by atoms with Gasteiger partial charge in [0.15, 0.2) is 0 Å². The number of amides is 2. The number of rotatable bonds is 5. The topological polar surface area (TPSA) is 74.2 Å². The molecule has 0 radical (unpaired) electrons. The molecule has 3 saturated heterocycles. The van der Waals surface area contributed by atoms with Crippen LogP contribution in [-0.4, -0.2) is 59.3 Å². The molecule has 0 spiro atoms. The molecule has 5 rings (SSSR count). The fourth-order valence-electron chi connectivity index (χ4n) is 5.19. The third-order valence-electron chi connectivity index (χ3n) is 7.54. The van der Waals surface area contributed by atoms with Crippen LogP contribution >= 0.6 is 0 Å². The Hall–Kier alpha value is -1.14. The molecule has 0 aromatic carbocycles. The summed E-state index contributed by atoms with van der Waals surface area (Å²) in [7, 11) is 0. The van der Waals surface area contributed by atoms with Gasteiger partial charge in [-0.3, -0.25) is 9.59 Å². The van der Waals surface area contributed by atoms with Crippen LogP contribution in [0.25, 0.3) is 0 Å². The number of carbonyl (C=O) groups is 2. The summed E-state index contributed by atoms with van der Waals surface area (Å²) < 4.78 is 11.4. The maximum absolute atomic E-state index is 12.6. The van der Waals surface area contributed by atoms with E-state index >= 15 is 0 Å². The van der Waals surface area contributed by atoms with E-state index in [9.17, 15) is 9.59 Å². The van der Waals surface area contributed by atoms with E-state index in [1.165, 1.54) is 0 Å². The standard InChI is InChI=1S/C20H30N2O4/c1-19-6-3-12(9-15(19)25-19)17(23)21-8-5-14-11-22(14)18(24)13-4-7-20(2)16(10-13)26-20/h12-16H,3-11H2,1-2H3,(H,21,23). The Morgan fingerprint density at radius 3 is 2.31 bits per heavy atom. The SMILES string of the molecule is CC12CCC(C(=O)NCCC3CN3C(=O)C3CCC4(C)OC4C3)CC1O2. The largest absolute Gasteiger partial charge is 0.366 e. The third kappa shape index (κ3) is 2.95. The third-order valence-corrected chi connectivity index (χ3v) is 7.54. The van der Waals surface area contributed by atoms with E-state index in [0.717, 1.165) is 51.5 Å². The van der Waals surface area contributed by atoms with Gasteiger partial charge in [0.2, 0.25) is 11.8 Å². The summed E-state index contributed by atoms with van der Waals surface area (Å²) in [4.78, 5) is 27.0. The minimum Gasteiger partial charge on any atom is -0.366 e. The lowest BCUT2D eigenvalue weighted by Gasteiger charge is -2.22. The Morgan fingerprint density at radius 1 is 1.04 bits per heavy atom. The molecule has 6 nitrogen and oxygen atoms in total. The Balaban J connectivity index is 1.01.